The summed E-state index contributed by atoms with van der Waals surface area (Å²) in [6, 6.07) is 0. The van der Waals surface area contributed by atoms with Crippen molar-refractivity contribution in [1.82, 2.24) is 14.5 Å². The average molecular weight is 319 g/mol. The van der Waals surface area contributed by atoms with Crippen LogP contribution in [-0.2, 0) is 16.1 Å². The maximum atomic E-state index is 12.5. The molecule has 5 nitrogen and oxygen atoms in total. The summed E-state index contributed by atoms with van der Waals surface area (Å²) < 4.78 is 7.46. The number of aromatic nitrogens is 2. The van der Waals surface area contributed by atoms with Crippen LogP contribution in [0.3, 0.4) is 0 Å². The summed E-state index contributed by atoms with van der Waals surface area (Å²) in [4.78, 5) is 19.2. The minimum Gasteiger partial charge on any atom is -0.383 e. The van der Waals surface area contributed by atoms with Crippen molar-refractivity contribution < 1.29 is 9.53 Å². The first kappa shape index (κ1) is 16.5. The average Bonchev–Trinajstić information content (AvgIpc) is 3.26. The highest BCUT2D eigenvalue weighted by atomic mass is 16.5. The summed E-state index contributed by atoms with van der Waals surface area (Å²) in [7, 11) is 1.73. The minimum atomic E-state index is 0.353. The third kappa shape index (κ3) is 3.77. The smallest absolute Gasteiger partial charge is 0.222 e. The number of nitrogens with zero attached hydrogens (tertiary/aromatic N) is 3. The van der Waals surface area contributed by atoms with Crippen LogP contribution in [0.1, 0.15) is 56.0 Å². The molecule has 1 aromatic heterocycles. The monoisotopic (exact) mass is 319 g/mol. The molecule has 1 aromatic rings. The van der Waals surface area contributed by atoms with Crippen molar-refractivity contribution >= 4 is 5.91 Å². The van der Waals surface area contributed by atoms with Crippen molar-refractivity contribution in [3.05, 3.63) is 17.7 Å². The van der Waals surface area contributed by atoms with Gasteiger partial charge in [0.05, 0.1) is 6.61 Å². The van der Waals surface area contributed by atoms with E-state index in [2.05, 4.69) is 21.4 Å². The summed E-state index contributed by atoms with van der Waals surface area (Å²) in [6.07, 6.45) is 8.80. The van der Waals surface area contributed by atoms with Crippen LogP contribution in [0.15, 0.2) is 6.20 Å². The Balaban J connectivity index is 1.59. The summed E-state index contributed by atoms with van der Waals surface area (Å²) in [6.45, 7) is 5.33. The highest BCUT2D eigenvalue weighted by Gasteiger charge is 2.31. The first-order valence-corrected chi connectivity index (χ1v) is 8.97. The fourth-order valence-corrected chi connectivity index (χ4v) is 4.07. The lowest BCUT2D eigenvalue weighted by Gasteiger charge is -2.19. The van der Waals surface area contributed by atoms with Gasteiger partial charge in [0.15, 0.2) is 0 Å². The lowest BCUT2D eigenvalue weighted by Crippen LogP contribution is -2.30. The molecule has 1 saturated carbocycles. The quantitative estimate of drug-likeness (QED) is 0.810. The number of carbonyl (C=O) groups is 1. The van der Waals surface area contributed by atoms with E-state index in [1.54, 1.807) is 7.11 Å². The Labute approximate surface area is 139 Å². The Kier molecular flexibility index (Phi) is 5.36. The van der Waals surface area contributed by atoms with Crippen LogP contribution >= 0.6 is 0 Å². The summed E-state index contributed by atoms with van der Waals surface area (Å²) in [5.74, 6) is 2.47. The van der Waals surface area contributed by atoms with Crippen molar-refractivity contribution in [1.29, 1.82) is 0 Å². The molecule has 0 aromatic carbocycles. The van der Waals surface area contributed by atoms with Crippen molar-refractivity contribution in [2.45, 2.75) is 57.9 Å². The van der Waals surface area contributed by atoms with Crippen LogP contribution in [0.4, 0.5) is 0 Å². The molecule has 2 heterocycles. The van der Waals surface area contributed by atoms with Crippen molar-refractivity contribution in [3.63, 3.8) is 0 Å². The van der Waals surface area contributed by atoms with Gasteiger partial charge in [-0.15, -0.1) is 0 Å². The molecule has 2 aliphatic rings. The van der Waals surface area contributed by atoms with E-state index >= 15 is 0 Å². The molecular formula is C18H29N3O2. The highest BCUT2D eigenvalue weighted by molar-refractivity contribution is 5.76. The molecule has 0 bridgehead atoms. The second kappa shape index (κ2) is 7.47. The van der Waals surface area contributed by atoms with Gasteiger partial charge in [-0.1, -0.05) is 12.8 Å². The van der Waals surface area contributed by atoms with Crippen molar-refractivity contribution in [2.75, 3.05) is 26.8 Å². The fraction of sp³-hybridized carbons (Fsp3) is 0.778. The molecule has 1 atom stereocenters. The molecular weight excluding hydrogens is 290 g/mol. The maximum absolute atomic E-state index is 12.5. The molecule has 0 radical (unpaired) electrons. The second-order valence-electron chi connectivity index (χ2n) is 7.08. The molecule has 23 heavy (non-hydrogen) atoms. The number of rotatable bonds is 6. The molecule has 0 N–H and O–H groups in total. The third-order valence-electron chi connectivity index (χ3n) is 5.45. The third-order valence-corrected chi connectivity index (χ3v) is 5.45. The maximum Gasteiger partial charge on any atom is 0.222 e. The Hall–Kier alpha value is -1.36. The van der Waals surface area contributed by atoms with Gasteiger partial charge >= 0.3 is 0 Å². The largest absolute Gasteiger partial charge is 0.383 e. The Morgan fingerprint density at radius 2 is 2.13 bits per heavy atom. The molecule has 5 heteroatoms. The van der Waals surface area contributed by atoms with Crippen LogP contribution in [-0.4, -0.2) is 47.2 Å². The predicted octanol–water partition coefficient (Wildman–Crippen LogP) is 2.73. The van der Waals surface area contributed by atoms with Crippen molar-refractivity contribution in [2.24, 2.45) is 5.92 Å². The molecule has 3 rings (SSSR count). The highest BCUT2D eigenvalue weighted by Crippen LogP contribution is 2.31. The lowest BCUT2D eigenvalue weighted by molar-refractivity contribution is -0.131. The zero-order valence-electron chi connectivity index (χ0n) is 14.5. The zero-order valence-corrected chi connectivity index (χ0v) is 14.5. The molecule has 2 fully saturated rings. The van der Waals surface area contributed by atoms with Crippen LogP contribution in [0.5, 0.6) is 0 Å². The van der Waals surface area contributed by atoms with E-state index in [1.807, 2.05) is 6.20 Å². The van der Waals surface area contributed by atoms with Gasteiger partial charge in [-0.05, 0) is 32.1 Å². The SMILES string of the molecule is COCCn1c(C)cnc1C1CCN(C(=O)CC2CCCC2)C1. The number of likely N-dealkylation sites (tertiary alicyclic amines) is 1. The standard InChI is InChI=1S/C18H29N3O2/c1-14-12-19-18(21(14)9-10-23-2)16-7-8-20(13-16)17(22)11-15-5-3-4-6-15/h12,15-16H,3-11,13H2,1-2H3. The van der Waals surface area contributed by atoms with Gasteiger partial charge in [0.25, 0.3) is 0 Å². The molecule has 0 spiro atoms. The van der Waals surface area contributed by atoms with Gasteiger partial charge in [0.2, 0.25) is 5.91 Å². The molecule has 128 valence electrons. The van der Waals surface area contributed by atoms with Crippen LogP contribution in [0.2, 0.25) is 0 Å². The summed E-state index contributed by atoms with van der Waals surface area (Å²) >= 11 is 0. The number of imidazole rings is 1. The molecule has 1 saturated heterocycles. The van der Waals surface area contributed by atoms with Crippen LogP contribution < -0.4 is 0 Å². The normalized spacial score (nSPS) is 22.2. The number of amides is 1. The molecule has 1 aliphatic heterocycles. The second-order valence-corrected chi connectivity index (χ2v) is 7.08. The van der Waals surface area contributed by atoms with Gasteiger partial charge in [-0.2, -0.15) is 0 Å². The first-order valence-electron chi connectivity index (χ1n) is 8.97. The van der Waals surface area contributed by atoms with E-state index in [4.69, 9.17) is 4.74 Å². The van der Waals surface area contributed by atoms with Gasteiger partial charge in [-0.3, -0.25) is 4.79 Å². The predicted molar refractivity (Wildman–Crippen MR) is 89.4 cm³/mol. The van der Waals surface area contributed by atoms with Crippen LogP contribution in [0.25, 0.3) is 0 Å². The lowest BCUT2D eigenvalue weighted by atomic mass is 10.0. The van der Waals surface area contributed by atoms with Crippen molar-refractivity contribution in [3.8, 4) is 0 Å². The van der Waals surface area contributed by atoms with Gasteiger partial charge in [0, 0.05) is 51.0 Å². The number of carbonyl (C=O) groups excluding carboxylic acids is 1. The fourth-order valence-electron chi connectivity index (χ4n) is 4.07. The number of hydrogen-bond acceptors (Lipinski definition) is 3. The number of hydrogen-bond donors (Lipinski definition) is 0. The Morgan fingerprint density at radius 3 is 2.87 bits per heavy atom. The van der Waals surface area contributed by atoms with E-state index in [-0.39, 0.29) is 0 Å². The number of methoxy groups -OCH3 is 1. The van der Waals surface area contributed by atoms with E-state index in [1.165, 1.54) is 31.4 Å². The molecule has 1 amide bonds. The number of aryl methyl sites for hydroxylation is 1. The molecule has 1 unspecified atom stereocenters. The van der Waals surface area contributed by atoms with Crippen LogP contribution in [0, 0.1) is 12.8 Å². The molecule has 1 aliphatic carbocycles. The van der Waals surface area contributed by atoms with E-state index in [0.717, 1.165) is 38.3 Å². The summed E-state index contributed by atoms with van der Waals surface area (Å²) in [5, 5.41) is 0. The summed E-state index contributed by atoms with van der Waals surface area (Å²) in [5.41, 5.74) is 1.17. The van der Waals surface area contributed by atoms with E-state index in [0.29, 0.717) is 24.3 Å². The minimum absolute atomic E-state index is 0.353. The van der Waals surface area contributed by atoms with Gasteiger partial charge < -0.3 is 14.2 Å². The topological polar surface area (TPSA) is 47.4 Å². The van der Waals surface area contributed by atoms with E-state index in [9.17, 15) is 4.79 Å². The first-order chi connectivity index (χ1) is 11.2. The zero-order chi connectivity index (χ0) is 16.2. The number of ether oxygens (including phenoxy) is 1. The Morgan fingerprint density at radius 1 is 1.35 bits per heavy atom. The van der Waals surface area contributed by atoms with Gasteiger partial charge in [-0.25, -0.2) is 4.98 Å². The Bertz CT molecular complexity index is 534. The van der Waals surface area contributed by atoms with E-state index < -0.39 is 0 Å². The van der Waals surface area contributed by atoms with Gasteiger partial charge in [0.1, 0.15) is 5.82 Å².